The largest absolute Gasteiger partial charge is 0.377 e. The number of amides is 2. The van der Waals surface area contributed by atoms with E-state index in [2.05, 4.69) is 29.5 Å². The van der Waals surface area contributed by atoms with Gasteiger partial charge in [-0.25, -0.2) is 9.78 Å². The van der Waals surface area contributed by atoms with Gasteiger partial charge in [-0.15, -0.1) is 0 Å². The Hall–Kier alpha value is -1.70. The van der Waals surface area contributed by atoms with Crippen LogP contribution in [0.3, 0.4) is 0 Å². The molecule has 2 amide bonds. The van der Waals surface area contributed by atoms with Crippen molar-refractivity contribution in [1.29, 1.82) is 0 Å². The zero-order chi connectivity index (χ0) is 16.6. The first kappa shape index (κ1) is 16.2. The molecular formula is C15H22F2N4O2. The lowest BCUT2D eigenvalue weighted by molar-refractivity contribution is -0.108. The number of nitrogens with zero attached hydrogens (tertiary/aromatic N) is 2. The average molecular weight is 328 g/mol. The summed E-state index contributed by atoms with van der Waals surface area (Å²) in [5.74, 6) is 0.627. The molecule has 1 saturated heterocycles. The van der Waals surface area contributed by atoms with E-state index in [1.807, 2.05) is 0 Å². The van der Waals surface area contributed by atoms with Gasteiger partial charge >= 0.3 is 12.6 Å². The van der Waals surface area contributed by atoms with Crippen molar-refractivity contribution in [3.63, 3.8) is 0 Å². The van der Waals surface area contributed by atoms with Crippen molar-refractivity contribution in [2.24, 2.45) is 11.3 Å². The van der Waals surface area contributed by atoms with Crippen LogP contribution in [0.25, 0.3) is 0 Å². The highest BCUT2D eigenvalue weighted by atomic mass is 19.3. The highest BCUT2D eigenvalue weighted by molar-refractivity contribution is 5.74. The van der Waals surface area contributed by atoms with Gasteiger partial charge in [0, 0.05) is 49.3 Å². The molecule has 0 spiro atoms. The third kappa shape index (κ3) is 2.91. The SMILES string of the molecule is CC1(C)C(NC(=O)NCCc2nccn2C(F)F)C2CCOC21. The van der Waals surface area contributed by atoms with Crippen molar-refractivity contribution in [3.05, 3.63) is 18.2 Å². The lowest BCUT2D eigenvalue weighted by Gasteiger charge is -2.54. The van der Waals surface area contributed by atoms with Crippen LogP contribution in [0.2, 0.25) is 0 Å². The Labute approximate surface area is 133 Å². The molecule has 6 nitrogen and oxygen atoms in total. The molecule has 1 aromatic heterocycles. The molecule has 3 rings (SSSR count). The first-order valence-electron chi connectivity index (χ1n) is 7.87. The molecule has 1 aliphatic carbocycles. The standard InChI is InChI=1S/C15H22F2N4O2/c1-15(2)11(9-4-8-23-12(9)15)20-14(22)19-5-3-10-18-6-7-21(10)13(16)17/h6-7,9,11-13H,3-5,8H2,1-2H3,(H2,19,20,22). The Kier molecular flexibility index (Phi) is 4.27. The van der Waals surface area contributed by atoms with Crippen LogP contribution in [0.5, 0.6) is 0 Å². The first-order valence-corrected chi connectivity index (χ1v) is 7.87. The molecule has 0 bridgehead atoms. The van der Waals surface area contributed by atoms with E-state index < -0.39 is 6.55 Å². The van der Waals surface area contributed by atoms with Gasteiger partial charge in [-0.3, -0.25) is 4.57 Å². The second-order valence-corrected chi connectivity index (χ2v) is 6.72. The van der Waals surface area contributed by atoms with Crippen LogP contribution in [0.15, 0.2) is 12.4 Å². The van der Waals surface area contributed by atoms with Crippen molar-refractivity contribution in [2.75, 3.05) is 13.2 Å². The number of ether oxygens (including phenoxy) is 1. The quantitative estimate of drug-likeness (QED) is 0.868. The molecule has 2 N–H and O–H groups in total. The van der Waals surface area contributed by atoms with Crippen molar-refractivity contribution in [2.45, 2.75) is 45.4 Å². The van der Waals surface area contributed by atoms with Gasteiger partial charge in [0.15, 0.2) is 0 Å². The molecule has 0 aromatic carbocycles. The lowest BCUT2D eigenvalue weighted by atomic mass is 9.57. The molecule has 1 aromatic rings. The van der Waals surface area contributed by atoms with E-state index >= 15 is 0 Å². The van der Waals surface area contributed by atoms with E-state index in [1.54, 1.807) is 0 Å². The van der Waals surface area contributed by atoms with E-state index in [1.165, 1.54) is 12.4 Å². The molecule has 3 atom stereocenters. The minimum absolute atomic E-state index is 0.0789. The number of hydrogen-bond donors (Lipinski definition) is 2. The van der Waals surface area contributed by atoms with E-state index in [0.29, 0.717) is 5.92 Å². The predicted octanol–water partition coefficient (Wildman–Crippen LogP) is 1.93. The minimum atomic E-state index is -2.61. The Morgan fingerprint density at radius 3 is 3.09 bits per heavy atom. The molecule has 3 unspecified atom stereocenters. The van der Waals surface area contributed by atoms with Crippen LogP contribution in [0.1, 0.15) is 32.6 Å². The summed E-state index contributed by atoms with van der Waals surface area (Å²) in [6, 6.07) is -0.193. The summed E-state index contributed by atoms with van der Waals surface area (Å²) in [5.41, 5.74) is -0.0789. The Morgan fingerprint density at radius 1 is 1.57 bits per heavy atom. The first-order chi connectivity index (χ1) is 10.9. The molecule has 0 radical (unpaired) electrons. The number of urea groups is 1. The number of imidazole rings is 1. The van der Waals surface area contributed by atoms with Crippen molar-refractivity contribution < 1.29 is 18.3 Å². The number of nitrogens with one attached hydrogen (secondary N) is 2. The fraction of sp³-hybridized carbons (Fsp3) is 0.733. The molecule has 128 valence electrons. The number of carbonyl (C=O) groups is 1. The maximum atomic E-state index is 12.7. The summed E-state index contributed by atoms with van der Waals surface area (Å²) >= 11 is 0. The summed E-state index contributed by atoms with van der Waals surface area (Å²) < 4.78 is 31.9. The van der Waals surface area contributed by atoms with Gasteiger partial charge in [0.1, 0.15) is 5.82 Å². The fourth-order valence-corrected chi connectivity index (χ4v) is 3.81. The smallest absolute Gasteiger partial charge is 0.319 e. The van der Waals surface area contributed by atoms with Gasteiger partial charge in [-0.1, -0.05) is 13.8 Å². The second-order valence-electron chi connectivity index (χ2n) is 6.72. The Balaban J connectivity index is 1.46. The zero-order valence-corrected chi connectivity index (χ0v) is 13.3. The summed E-state index contributed by atoms with van der Waals surface area (Å²) in [4.78, 5) is 15.9. The molecule has 1 aliphatic heterocycles. The van der Waals surface area contributed by atoms with Gasteiger partial charge in [-0.05, 0) is 6.42 Å². The summed E-state index contributed by atoms with van der Waals surface area (Å²) in [6.07, 6.45) is 4.00. The summed E-state index contributed by atoms with van der Waals surface area (Å²) in [6.45, 7) is 2.56. The van der Waals surface area contributed by atoms with Gasteiger partial charge in [-0.2, -0.15) is 8.78 Å². The highest BCUT2D eigenvalue weighted by Crippen LogP contribution is 2.51. The van der Waals surface area contributed by atoms with Gasteiger partial charge in [0.25, 0.3) is 0 Å². The van der Waals surface area contributed by atoms with E-state index in [4.69, 9.17) is 4.74 Å². The molecule has 23 heavy (non-hydrogen) atoms. The van der Waals surface area contributed by atoms with Crippen LogP contribution in [-0.4, -0.2) is 40.9 Å². The monoisotopic (exact) mass is 328 g/mol. The lowest BCUT2D eigenvalue weighted by Crippen LogP contribution is -2.67. The van der Waals surface area contributed by atoms with Crippen LogP contribution >= 0.6 is 0 Å². The predicted molar refractivity (Wildman–Crippen MR) is 79.1 cm³/mol. The van der Waals surface area contributed by atoms with Gasteiger partial charge in [0.2, 0.25) is 0 Å². The van der Waals surface area contributed by atoms with Crippen LogP contribution < -0.4 is 10.6 Å². The van der Waals surface area contributed by atoms with Gasteiger partial charge in [0.05, 0.1) is 6.10 Å². The van der Waals surface area contributed by atoms with Gasteiger partial charge < -0.3 is 15.4 Å². The van der Waals surface area contributed by atoms with Crippen molar-refractivity contribution >= 4 is 6.03 Å². The maximum absolute atomic E-state index is 12.7. The second kappa shape index (κ2) is 6.07. The number of halogens is 2. The van der Waals surface area contributed by atoms with Crippen molar-refractivity contribution in [1.82, 2.24) is 20.2 Å². The van der Waals surface area contributed by atoms with Crippen LogP contribution in [0, 0.1) is 11.3 Å². The Bertz CT molecular complexity index is 576. The zero-order valence-electron chi connectivity index (χ0n) is 13.3. The number of aromatic nitrogens is 2. The molecule has 2 heterocycles. The Morgan fingerprint density at radius 2 is 2.35 bits per heavy atom. The molecular weight excluding hydrogens is 306 g/mol. The maximum Gasteiger partial charge on any atom is 0.319 e. The normalized spacial score (nSPS) is 28.3. The molecule has 2 aliphatic rings. The van der Waals surface area contributed by atoms with Crippen LogP contribution in [-0.2, 0) is 11.2 Å². The fourth-order valence-electron chi connectivity index (χ4n) is 3.81. The summed E-state index contributed by atoms with van der Waals surface area (Å²) in [5, 5.41) is 5.70. The highest BCUT2D eigenvalue weighted by Gasteiger charge is 2.59. The number of carbonyl (C=O) groups excluding carboxylic acids is 1. The average Bonchev–Trinajstić information content (AvgIpc) is 3.12. The van der Waals surface area contributed by atoms with Crippen LogP contribution in [0.4, 0.5) is 13.6 Å². The molecule has 1 saturated carbocycles. The third-order valence-corrected chi connectivity index (χ3v) is 4.98. The third-order valence-electron chi connectivity index (χ3n) is 4.98. The number of hydrogen-bond acceptors (Lipinski definition) is 3. The summed E-state index contributed by atoms with van der Waals surface area (Å²) in [7, 11) is 0. The van der Waals surface area contributed by atoms with Crippen molar-refractivity contribution in [3.8, 4) is 0 Å². The molecule has 2 fully saturated rings. The van der Waals surface area contributed by atoms with E-state index in [0.717, 1.165) is 17.6 Å². The number of fused-ring (bicyclic) bond motifs is 1. The minimum Gasteiger partial charge on any atom is -0.377 e. The number of alkyl halides is 2. The van der Waals surface area contributed by atoms with E-state index in [-0.39, 0.29) is 42.4 Å². The van der Waals surface area contributed by atoms with E-state index in [9.17, 15) is 13.6 Å². The topological polar surface area (TPSA) is 68.2 Å². The molecule has 8 heteroatoms. The number of rotatable bonds is 5.